The van der Waals surface area contributed by atoms with Gasteiger partial charge >= 0.3 is 5.97 Å². The maximum atomic E-state index is 10.9. The zero-order valence-corrected chi connectivity index (χ0v) is 7.00. The summed E-state index contributed by atoms with van der Waals surface area (Å²) >= 11 is 0. The third kappa shape index (κ3) is 2.50. The highest BCUT2D eigenvalue weighted by molar-refractivity contribution is 5.70. The molecule has 3 nitrogen and oxygen atoms in total. The molecule has 64 valence electrons. The van der Waals surface area contributed by atoms with E-state index in [0.29, 0.717) is 6.42 Å². The summed E-state index contributed by atoms with van der Waals surface area (Å²) in [6, 6.07) is 0. The van der Waals surface area contributed by atoms with E-state index in [4.69, 9.17) is 9.47 Å². The van der Waals surface area contributed by atoms with Crippen LogP contribution >= 0.6 is 0 Å². The van der Waals surface area contributed by atoms with Gasteiger partial charge in [0.2, 0.25) is 6.29 Å². The first kappa shape index (κ1) is 8.53. The van der Waals surface area contributed by atoms with Crippen LogP contribution in [0.15, 0.2) is 0 Å². The highest BCUT2D eigenvalue weighted by atomic mass is 16.7. The Morgan fingerprint density at radius 1 is 1.64 bits per heavy atom. The second-order valence-electron chi connectivity index (χ2n) is 2.86. The average molecular weight is 158 g/mol. The fourth-order valence-corrected chi connectivity index (χ4v) is 1.13. The Balaban J connectivity index is 2.36. The number of carbonyl (C=O) groups is 1. The van der Waals surface area contributed by atoms with Crippen LogP contribution in [0.3, 0.4) is 0 Å². The van der Waals surface area contributed by atoms with Gasteiger partial charge in [-0.25, -0.2) is 0 Å². The molecule has 0 unspecified atom stereocenters. The molecule has 11 heavy (non-hydrogen) atoms. The number of rotatable bonds is 2. The molecule has 3 heteroatoms. The average Bonchev–Trinajstić information content (AvgIpc) is 1.85. The molecule has 1 fully saturated rings. The molecule has 0 aromatic rings. The minimum Gasteiger partial charge on any atom is -0.436 e. The van der Waals surface area contributed by atoms with Crippen LogP contribution in [0.5, 0.6) is 0 Å². The van der Waals surface area contributed by atoms with Crippen molar-refractivity contribution in [3.05, 3.63) is 0 Å². The van der Waals surface area contributed by atoms with Gasteiger partial charge in [0.15, 0.2) is 0 Å². The van der Waals surface area contributed by atoms with Crippen molar-refractivity contribution >= 4 is 5.97 Å². The molecular formula is C8H14O3. The van der Waals surface area contributed by atoms with Crippen molar-refractivity contribution < 1.29 is 14.3 Å². The number of esters is 1. The van der Waals surface area contributed by atoms with Crippen molar-refractivity contribution in [1.82, 2.24) is 0 Å². The van der Waals surface area contributed by atoms with Crippen molar-refractivity contribution in [2.24, 2.45) is 0 Å². The predicted octanol–water partition coefficient (Wildman–Crippen LogP) is 1.46. The van der Waals surface area contributed by atoms with E-state index in [9.17, 15) is 4.79 Å². The maximum Gasteiger partial charge on any atom is 0.310 e. The molecule has 0 amide bonds. The van der Waals surface area contributed by atoms with E-state index in [0.717, 1.165) is 12.8 Å². The van der Waals surface area contributed by atoms with E-state index >= 15 is 0 Å². The van der Waals surface area contributed by atoms with Crippen LogP contribution in [0.25, 0.3) is 0 Å². The molecule has 1 aliphatic rings. The fourth-order valence-electron chi connectivity index (χ4n) is 1.13. The van der Waals surface area contributed by atoms with Gasteiger partial charge in [-0.3, -0.25) is 4.79 Å². The van der Waals surface area contributed by atoms with Crippen LogP contribution in [0.4, 0.5) is 0 Å². The summed E-state index contributed by atoms with van der Waals surface area (Å²) in [6.07, 6.45) is 1.89. The summed E-state index contributed by atoms with van der Waals surface area (Å²) in [5.74, 6) is -0.137. The van der Waals surface area contributed by atoms with E-state index in [-0.39, 0.29) is 18.4 Å². The Labute approximate surface area is 66.7 Å². The lowest BCUT2D eigenvalue weighted by Gasteiger charge is -2.26. The highest BCUT2D eigenvalue weighted by Crippen LogP contribution is 2.16. The van der Waals surface area contributed by atoms with Gasteiger partial charge in [0.25, 0.3) is 0 Å². The highest BCUT2D eigenvalue weighted by Gasteiger charge is 2.24. The Morgan fingerprint density at radius 3 is 2.91 bits per heavy atom. The van der Waals surface area contributed by atoms with Crippen LogP contribution in [0, 0.1) is 0 Å². The van der Waals surface area contributed by atoms with Gasteiger partial charge in [0.05, 0.1) is 12.5 Å². The van der Waals surface area contributed by atoms with E-state index < -0.39 is 0 Å². The molecule has 0 N–H and O–H groups in total. The smallest absolute Gasteiger partial charge is 0.310 e. The van der Waals surface area contributed by atoms with Crippen molar-refractivity contribution in [2.45, 2.75) is 45.5 Å². The van der Waals surface area contributed by atoms with Gasteiger partial charge < -0.3 is 9.47 Å². The minimum atomic E-state index is -0.295. The molecule has 0 aromatic heterocycles. The normalized spacial score (nSPS) is 31.6. The fraction of sp³-hybridized carbons (Fsp3) is 0.875. The Hall–Kier alpha value is -0.570. The van der Waals surface area contributed by atoms with Crippen molar-refractivity contribution in [2.75, 3.05) is 0 Å². The zero-order valence-electron chi connectivity index (χ0n) is 7.00. The molecule has 0 aromatic carbocycles. The minimum absolute atomic E-state index is 0.0211. The van der Waals surface area contributed by atoms with Gasteiger partial charge in [-0.1, -0.05) is 13.3 Å². The summed E-state index contributed by atoms with van der Waals surface area (Å²) in [6.45, 7) is 3.93. The zero-order chi connectivity index (χ0) is 8.27. The van der Waals surface area contributed by atoms with E-state index in [2.05, 4.69) is 0 Å². The van der Waals surface area contributed by atoms with Crippen LogP contribution in [-0.4, -0.2) is 18.4 Å². The molecule has 1 saturated heterocycles. The molecule has 2 atom stereocenters. The summed E-state index contributed by atoms with van der Waals surface area (Å²) < 4.78 is 10.3. The molecular weight excluding hydrogens is 144 g/mol. The van der Waals surface area contributed by atoms with Gasteiger partial charge in [0, 0.05) is 6.42 Å². The van der Waals surface area contributed by atoms with Crippen molar-refractivity contribution in [3.8, 4) is 0 Å². The second kappa shape index (κ2) is 3.72. The lowest BCUT2D eigenvalue weighted by Crippen LogP contribution is -2.33. The third-order valence-electron chi connectivity index (χ3n) is 1.63. The van der Waals surface area contributed by atoms with E-state index in [1.165, 1.54) is 0 Å². The lowest BCUT2D eigenvalue weighted by atomic mass is 10.2. The number of hydrogen-bond donors (Lipinski definition) is 0. The monoisotopic (exact) mass is 158 g/mol. The molecule has 0 radical (unpaired) electrons. The Morgan fingerprint density at radius 2 is 2.36 bits per heavy atom. The number of cyclic esters (lactones) is 1. The number of hydrogen-bond acceptors (Lipinski definition) is 3. The topological polar surface area (TPSA) is 35.5 Å². The molecule has 0 bridgehead atoms. The number of ether oxygens (including phenoxy) is 2. The molecule has 1 rings (SSSR count). The third-order valence-corrected chi connectivity index (χ3v) is 1.63. The molecule has 1 aliphatic heterocycles. The standard InChI is InChI=1S/C8H14O3/c1-3-4-8-10-6(2)5-7(9)11-8/h6,8H,3-5H2,1-2H3/t6-,8-/m1/s1. The first-order valence-electron chi connectivity index (χ1n) is 4.07. The molecule has 0 spiro atoms. The number of carbonyl (C=O) groups excluding carboxylic acids is 1. The van der Waals surface area contributed by atoms with Gasteiger partial charge in [-0.15, -0.1) is 0 Å². The maximum absolute atomic E-state index is 10.9. The SMILES string of the molecule is CCC[C@H]1OC(=O)C[C@@H](C)O1. The van der Waals surface area contributed by atoms with Crippen LogP contribution in [0.1, 0.15) is 33.1 Å². The van der Waals surface area contributed by atoms with Gasteiger partial charge in [0.1, 0.15) is 0 Å². The predicted molar refractivity (Wildman–Crippen MR) is 40.0 cm³/mol. The van der Waals surface area contributed by atoms with Crippen LogP contribution < -0.4 is 0 Å². The molecule has 0 saturated carbocycles. The van der Waals surface area contributed by atoms with Gasteiger partial charge in [-0.05, 0) is 6.92 Å². The summed E-state index contributed by atoms with van der Waals surface area (Å²) in [7, 11) is 0. The summed E-state index contributed by atoms with van der Waals surface area (Å²) in [5, 5.41) is 0. The summed E-state index contributed by atoms with van der Waals surface area (Å²) in [5.41, 5.74) is 0. The van der Waals surface area contributed by atoms with E-state index in [1.807, 2.05) is 13.8 Å². The first-order chi connectivity index (χ1) is 5.22. The van der Waals surface area contributed by atoms with Crippen LogP contribution in [0.2, 0.25) is 0 Å². The Kier molecular flexibility index (Phi) is 2.88. The second-order valence-corrected chi connectivity index (χ2v) is 2.86. The van der Waals surface area contributed by atoms with Crippen molar-refractivity contribution in [1.29, 1.82) is 0 Å². The quantitative estimate of drug-likeness (QED) is 0.571. The van der Waals surface area contributed by atoms with Crippen molar-refractivity contribution in [3.63, 3.8) is 0 Å². The molecule has 1 heterocycles. The van der Waals surface area contributed by atoms with Gasteiger partial charge in [-0.2, -0.15) is 0 Å². The van der Waals surface area contributed by atoms with Crippen LogP contribution in [-0.2, 0) is 14.3 Å². The largest absolute Gasteiger partial charge is 0.436 e. The van der Waals surface area contributed by atoms with E-state index in [1.54, 1.807) is 0 Å². The Bertz CT molecular complexity index is 144. The first-order valence-corrected chi connectivity index (χ1v) is 4.07. The summed E-state index contributed by atoms with van der Waals surface area (Å²) in [4.78, 5) is 10.9. The lowest BCUT2D eigenvalue weighted by molar-refractivity contribution is -0.213. The molecule has 0 aliphatic carbocycles.